The molecule has 0 saturated heterocycles. The Morgan fingerprint density at radius 3 is 2.75 bits per heavy atom. The Balaban J connectivity index is 2.42. The fraction of sp³-hybridized carbons (Fsp3) is 0.500. The molecule has 0 aromatic heterocycles. The van der Waals surface area contributed by atoms with Gasteiger partial charge in [0.1, 0.15) is 0 Å². The van der Waals surface area contributed by atoms with Gasteiger partial charge in [0.25, 0.3) is 0 Å². The molecule has 1 aromatic rings. The van der Waals surface area contributed by atoms with Gasteiger partial charge in [-0.15, -0.1) is 0 Å². The van der Waals surface area contributed by atoms with E-state index < -0.39 is 0 Å². The van der Waals surface area contributed by atoms with E-state index in [4.69, 9.17) is 27.9 Å². The molecule has 1 aromatic carbocycles. The highest BCUT2D eigenvalue weighted by Gasteiger charge is 2.05. The Labute approximate surface area is 130 Å². The van der Waals surface area contributed by atoms with E-state index in [1.54, 1.807) is 20.2 Å². The van der Waals surface area contributed by atoms with Crippen LogP contribution in [0.4, 0.5) is 0 Å². The quantitative estimate of drug-likeness (QED) is 0.626. The minimum absolute atomic E-state index is 0.199. The van der Waals surface area contributed by atoms with Crippen LogP contribution in [0.1, 0.15) is 12.5 Å². The van der Waals surface area contributed by atoms with E-state index in [0.717, 1.165) is 24.5 Å². The zero-order valence-corrected chi connectivity index (χ0v) is 13.6. The number of nitrogens with one attached hydrogen (secondary N) is 2. The number of hydrogen-bond acceptors (Lipinski definition) is 2. The lowest BCUT2D eigenvalue weighted by molar-refractivity contribution is 0.179. The molecule has 0 radical (unpaired) electrons. The number of rotatable bonds is 6. The van der Waals surface area contributed by atoms with E-state index in [0.29, 0.717) is 16.7 Å². The molecule has 0 amide bonds. The summed E-state index contributed by atoms with van der Waals surface area (Å²) in [6.45, 7) is 3.40. The number of hydrogen-bond donors (Lipinski definition) is 2. The van der Waals surface area contributed by atoms with Gasteiger partial charge in [-0.2, -0.15) is 0 Å². The number of halogens is 2. The lowest BCUT2D eigenvalue weighted by Gasteiger charge is -2.17. The molecule has 0 aliphatic rings. The van der Waals surface area contributed by atoms with Gasteiger partial charge >= 0.3 is 0 Å². The van der Waals surface area contributed by atoms with Crippen molar-refractivity contribution < 1.29 is 4.74 Å². The van der Waals surface area contributed by atoms with Crippen molar-refractivity contribution in [1.29, 1.82) is 0 Å². The summed E-state index contributed by atoms with van der Waals surface area (Å²) in [6.07, 6.45) is 0.801. The predicted molar refractivity (Wildman–Crippen MR) is 86.0 cm³/mol. The van der Waals surface area contributed by atoms with Crippen molar-refractivity contribution in [3.05, 3.63) is 33.8 Å². The minimum Gasteiger partial charge on any atom is -0.383 e. The van der Waals surface area contributed by atoms with Gasteiger partial charge in [0, 0.05) is 36.8 Å². The summed E-state index contributed by atoms with van der Waals surface area (Å²) >= 11 is 12.0. The molecule has 6 heteroatoms. The molecule has 0 saturated carbocycles. The van der Waals surface area contributed by atoms with Gasteiger partial charge in [0.2, 0.25) is 0 Å². The number of guanidine groups is 1. The lowest BCUT2D eigenvalue weighted by Crippen LogP contribution is -2.44. The second-order valence-electron chi connectivity index (χ2n) is 4.49. The summed E-state index contributed by atoms with van der Waals surface area (Å²) in [5.74, 6) is 0.750. The Hall–Kier alpha value is -0.970. The number of benzene rings is 1. The van der Waals surface area contributed by atoms with Crippen LogP contribution >= 0.6 is 23.2 Å². The molecule has 0 bridgehead atoms. The van der Waals surface area contributed by atoms with Crippen molar-refractivity contribution in [1.82, 2.24) is 10.6 Å². The van der Waals surface area contributed by atoms with Gasteiger partial charge in [-0.25, -0.2) is 0 Å². The van der Waals surface area contributed by atoms with Crippen LogP contribution < -0.4 is 10.6 Å². The highest BCUT2D eigenvalue weighted by Crippen LogP contribution is 2.20. The summed E-state index contributed by atoms with van der Waals surface area (Å²) in [7, 11) is 3.42. The van der Waals surface area contributed by atoms with E-state index in [1.165, 1.54) is 0 Å². The van der Waals surface area contributed by atoms with Gasteiger partial charge in [-0.3, -0.25) is 4.99 Å². The van der Waals surface area contributed by atoms with Crippen molar-refractivity contribution in [2.75, 3.05) is 27.3 Å². The molecule has 20 heavy (non-hydrogen) atoms. The maximum atomic E-state index is 6.13. The fourth-order valence-electron chi connectivity index (χ4n) is 1.76. The minimum atomic E-state index is 0.199. The summed E-state index contributed by atoms with van der Waals surface area (Å²) in [5.41, 5.74) is 1.06. The first kappa shape index (κ1) is 17.1. The smallest absolute Gasteiger partial charge is 0.191 e. The van der Waals surface area contributed by atoms with E-state index >= 15 is 0 Å². The standard InChI is InChI=1S/C14H21Cl2N3O/c1-10(9-20-3)19-14(17-2)18-7-6-11-4-5-12(15)8-13(11)16/h4-5,8,10H,6-7,9H2,1-3H3,(H2,17,18,19). The van der Waals surface area contributed by atoms with Crippen LogP contribution in [-0.4, -0.2) is 39.3 Å². The van der Waals surface area contributed by atoms with Crippen molar-refractivity contribution in [3.63, 3.8) is 0 Å². The first-order valence-electron chi connectivity index (χ1n) is 6.47. The Morgan fingerprint density at radius 1 is 1.40 bits per heavy atom. The van der Waals surface area contributed by atoms with Gasteiger partial charge in [-0.05, 0) is 31.0 Å². The Bertz CT molecular complexity index is 452. The molecule has 0 aliphatic heterocycles. The van der Waals surface area contributed by atoms with E-state index in [9.17, 15) is 0 Å². The third kappa shape index (κ3) is 5.99. The SMILES string of the molecule is CN=C(NCCc1ccc(Cl)cc1Cl)NC(C)COC. The van der Waals surface area contributed by atoms with Crippen LogP contribution in [0, 0.1) is 0 Å². The molecule has 1 unspecified atom stereocenters. The molecule has 0 spiro atoms. The molecule has 0 aliphatic carbocycles. The molecule has 1 rings (SSSR count). The predicted octanol–water partition coefficient (Wildman–Crippen LogP) is 2.74. The topological polar surface area (TPSA) is 45.7 Å². The van der Waals surface area contributed by atoms with Crippen LogP contribution in [0.25, 0.3) is 0 Å². The molecule has 112 valence electrons. The Kier molecular flexibility index (Phi) is 7.73. The van der Waals surface area contributed by atoms with E-state index in [2.05, 4.69) is 15.6 Å². The van der Waals surface area contributed by atoms with Crippen LogP contribution in [0.15, 0.2) is 23.2 Å². The molecular formula is C14H21Cl2N3O. The maximum absolute atomic E-state index is 6.13. The molecule has 1 atom stereocenters. The van der Waals surface area contributed by atoms with Crippen molar-refractivity contribution >= 4 is 29.2 Å². The van der Waals surface area contributed by atoms with Crippen LogP contribution in [0.3, 0.4) is 0 Å². The average Bonchev–Trinajstić information content (AvgIpc) is 2.40. The van der Waals surface area contributed by atoms with Gasteiger partial charge in [0.05, 0.1) is 6.61 Å². The Morgan fingerprint density at radius 2 is 2.15 bits per heavy atom. The number of methoxy groups -OCH3 is 1. The van der Waals surface area contributed by atoms with E-state index in [1.807, 2.05) is 19.1 Å². The summed E-state index contributed by atoms with van der Waals surface area (Å²) in [4.78, 5) is 4.16. The van der Waals surface area contributed by atoms with Crippen molar-refractivity contribution in [2.24, 2.45) is 4.99 Å². The fourth-order valence-corrected chi connectivity index (χ4v) is 2.26. The van der Waals surface area contributed by atoms with Gasteiger partial charge in [0.15, 0.2) is 5.96 Å². The zero-order chi connectivity index (χ0) is 15.0. The van der Waals surface area contributed by atoms with Crippen LogP contribution in [0.5, 0.6) is 0 Å². The second-order valence-corrected chi connectivity index (χ2v) is 5.33. The molecule has 4 nitrogen and oxygen atoms in total. The molecule has 2 N–H and O–H groups in total. The highest BCUT2D eigenvalue weighted by molar-refractivity contribution is 6.35. The van der Waals surface area contributed by atoms with E-state index in [-0.39, 0.29) is 6.04 Å². The van der Waals surface area contributed by atoms with Gasteiger partial charge in [-0.1, -0.05) is 29.3 Å². The zero-order valence-electron chi connectivity index (χ0n) is 12.0. The largest absolute Gasteiger partial charge is 0.383 e. The third-order valence-electron chi connectivity index (χ3n) is 2.73. The summed E-state index contributed by atoms with van der Waals surface area (Å²) in [5, 5.41) is 7.82. The monoisotopic (exact) mass is 317 g/mol. The first-order chi connectivity index (χ1) is 9.56. The normalized spacial score (nSPS) is 13.2. The number of ether oxygens (including phenoxy) is 1. The molecule has 0 fully saturated rings. The van der Waals surface area contributed by atoms with Crippen LogP contribution in [0.2, 0.25) is 10.0 Å². The first-order valence-corrected chi connectivity index (χ1v) is 7.22. The molecule has 0 heterocycles. The summed E-state index contributed by atoms with van der Waals surface area (Å²) in [6, 6.07) is 5.74. The van der Waals surface area contributed by atoms with Crippen molar-refractivity contribution in [2.45, 2.75) is 19.4 Å². The highest BCUT2D eigenvalue weighted by atomic mass is 35.5. The van der Waals surface area contributed by atoms with Crippen LogP contribution in [-0.2, 0) is 11.2 Å². The lowest BCUT2D eigenvalue weighted by atomic mass is 10.1. The third-order valence-corrected chi connectivity index (χ3v) is 3.31. The van der Waals surface area contributed by atoms with Gasteiger partial charge < -0.3 is 15.4 Å². The average molecular weight is 318 g/mol. The maximum Gasteiger partial charge on any atom is 0.191 e. The second kappa shape index (κ2) is 9.06. The number of aliphatic imine (C=N–C) groups is 1. The summed E-state index contributed by atoms with van der Waals surface area (Å²) < 4.78 is 5.07. The van der Waals surface area contributed by atoms with Crippen molar-refractivity contribution in [3.8, 4) is 0 Å². The number of nitrogens with zero attached hydrogens (tertiary/aromatic N) is 1. The molecular weight excluding hydrogens is 297 g/mol.